The number of carbonyl (C=O) groups excluding carboxylic acids is 1. The molecule has 0 spiro atoms. The van der Waals surface area contributed by atoms with Gasteiger partial charge in [-0.1, -0.05) is 54.9 Å². The van der Waals surface area contributed by atoms with Crippen molar-refractivity contribution in [2.45, 2.75) is 32.7 Å². The quantitative estimate of drug-likeness (QED) is 0.726. The molecule has 7 heteroatoms. The van der Waals surface area contributed by atoms with Crippen LogP contribution in [0.1, 0.15) is 24.5 Å². The first kappa shape index (κ1) is 21.3. The van der Waals surface area contributed by atoms with E-state index in [4.69, 9.17) is 11.6 Å². The van der Waals surface area contributed by atoms with E-state index in [2.05, 4.69) is 5.32 Å². The fourth-order valence-electron chi connectivity index (χ4n) is 2.87. The summed E-state index contributed by atoms with van der Waals surface area (Å²) < 4.78 is 26.0. The van der Waals surface area contributed by atoms with Crippen LogP contribution in [0.15, 0.2) is 48.5 Å². The van der Waals surface area contributed by atoms with Crippen LogP contribution in [0.25, 0.3) is 0 Å². The van der Waals surface area contributed by atoms with Crippen LogP contribution >= 0.6 is 11.6 Å². The largest absolute Gasteiger partial charge is 0.354 e. The number of anilines is 1. The SMILES string of the molecule is CC[C@@H](C(=O)NCCc1ccccc1)N(c1ccc(C)c(Cl)c1)S(C)(=O)=O. The molecule has 0 bridgehead atoms. The van der Waals surface area contributed by atoms with Gasteiger partial charge in [-0.2, -0.15) is 0 Å². The van der Waals surface area contributed by atoms with Crippen LogP contribution in [-0.2, 0) is 21.2 Å². The van der Waals surface area contributed by atoms with Gasteiger partial charge in [0.05, 0.1) is 11.9 Å². The van der Waals surface area contributed by atoms with Crippen LogP contribution in [0, 0.1) is 6.92 Å². The van der Waals surface area contributed by atoms with E-state index in [0.717, 1.165) is 21.7 Å². The highest BCUT2D eigenvalue weighted by Gasteiger charge is 2.31. The fourth-order valence-corrected chi connectivity index (χ4v) is 4.25. The van der Waals surface area contributed by atoms with Gasteiger partial charge >= 0.3 is 0 Å². The third-order valence-electron chi connectivity index (χ3n) is 4.30. The first-order chi connectivity index (χ1) is 12.7. The highest BCUT2D eigenvalue weighted by atomic mass is 35.5. The van der Waals surface area contributed by atoms with Crippen LogP contribution < -0.4 is 9.62 Å². The summed E-state index contributed by atoms with van der Waals surface area (Å²) in [5.74, 6) is -0.324. The van der Waals surface area contributed by atoms with E-state index in [1.165, 1.54) is 0 Å². The molecule has 146 valence electrons. The lowest BCUT2D eigenvalue weighted by atomic mass is 10.1. The molecule has 0 radical (unpaired) electrons. The Hall–Kier alpha value is -2.05. The number of amides is 1. The molecule has 2 rings (SSSR count). The summed E-state index contributed by atoms with van der Waals surface area (Å²) in [5.41, 5.74) is 2.34. The lowest BCUT2D eigenvalue weighted by Gasteiger charge is -2.30. The Labute approximate surface area is 166 Å². The number of nitrogens with one attached hydrogen (secondary N) is 1. The number of halogens is 1. The van der Waals surface area contributed by atoms with Gasteiger partial charge in [0.2, 0.25) is 15.9 Å². The highest BCUT2D eigenvalue weighted by molar-refractivity contribution is 7.92. The highest BCUT2D eigenvalue weighted by Crippen LogP contribution is 2.27. The number of sulfonamides is 1. The van der Waals surface area contributed by atoms with Gasteiger partial charge in [-0.15, -0.1) is 0 Å². The Morgan fingerprint density at radius 1 is 1.19 bits per heavy atom. The molecular formula is C20H25ClN2O3S. The molecule has 0 unspecified atom stereocenters. The van der Waals surface area contributed by atoms with Gasteiger partial charge in [0, 0.05) is 11.6 Å². The predicted octanol–water partition coefficient (Wildman–Crippen LogP) is 3.55. The molecule has 1 amide bonds. The maximum absolute atomic E-state index is 12.7. The zero-order valence-corrected chi connectivity index (χ0v) is 17.3. The van der Waals surface area contributed by atoms with Gasteiger partial charge in [0.15, 0.2) is 0 Å². The average Bonchev–Trinajstić information content (AvgIpc) is 2.62. The minimum Gasteiger partial charge on any atom is -0.354 e. The molecule has 0 saturated heterocycles. The van der Waals surface area contributed by atoms with Crippen LogP contribution in [-0.4, -0.2) is 33.2 Å². The Morgan fingerprint density at radius 2 is 1.85 bits per heavy atom. The lowest BCUT2D eigenvalue weighted by molar-refractivity contribution is -0.122. The number of carbonyl (C=O) groups is 1. The van der Waals surface area contributed by atoms with Crippen LogP contribution in [0.4, 0.5) is 5.69 Å². The minimum absolute atomic E-state index is 0.324. The van der Waals surface area contributed by atoms with E-state index in [9.17, 15) is 13.2 Å². The Bertz CT molecular complexity index is 885. The second kappa shape index (κ2) is 9.24. The van der Waals surface area contributed by atoms with Gasteiger partial charge in [-0.3, -0.25) is 9.10 Å². The van der Waals surface area contributed by atoms with E-state index in [1.54, 1.807) is 25.1 Å². The number of rotatable bonds is 8. The van der Waals surface area contributed by atoms with Crippen molar-refractivity contribution in [1.82, 2.24) is 5.32 Å². The average molecular weight is 409 g/mol. The zero-order valence-electron chi connectivity index (χ0n) is 15.8. The molecule has 5 nitrogen and oxygen atoms in total. The molecule has 1 N–H and O–H groups in total. The summed E-state index contributed by atoms with van der Waals surface area (Å²) in [6.07, 6.45) is 2.12. The summed E-state index contributed by atoms with van der Waals surface area (Å²) in [6, 6.07) is 14.0. The van der Waals surface area contributed by atoms with Crippen molar-refractivity contribution < 1.29 is 13.2 Å². The molecule has 0 heterocycles. The number of aryl methyl sites for hydroxylation is 1. The normalized spacial score (nSPS) is 12.4. The smallest absolute Gasteiger partial charge is 0.243 e. The van der Waals surface area contributed by atoms with Crippen molar-refractivity contribution in [2.75, 3.05) is 17.1 Å². The Balaban J connectivity index is 2.18. The van der Waals surface area contributed by atoms with Crippen molar-refractivity contribution in [3.8, 4) is 0 Å². The molecule has 2 aromatic rings. The molecule has 0 aliphatic rings. The van der Waals surface area contributed by atoms with Crippen LogP contribution in [0.2, 0.25) is 5.02 Å². The molecular weight excluding hydrogens is 384 g/mol. The van der Waals surface area contributed by atoms with Crippen molar-refractivity contribution >= 4 is 33.2 Å². The van der Waals surface area contributed by atoms with Crippen molar-refractivity contribution in [3.63, 3.8) is 0 Å². The van der Waals surface area contributed by atoms with E-state index in [-0.39, 0.29) is 5.91 Å². The third-order valence-corrected chi connectivity index (χ3v) is 5.88. The minimum atomic E-state index is -3.67. The standard InChI is InChI=1S/C20H25ClN2O3S/c1-4-19(20(24)22-13-12-16-8-6-5-7-9-16)23(27(3,25)26)17-11-10-15(2)18(21)14-17/h5-11,14,19H,4,12-13H2,1-3H3,(H,22,24)/t19-/m0/s1. The molecule has 0 saturated carbocycles. The molecule has 2 aromatic carbocycles. The molecule has 0 aliphatic heterocycles. The van der Waals surface area contributed by atoms with E-state index in [1.807, 2.05) is 37.3 Å². The Morgan fingerprint density at radius 3 is 2.41 bits per heavy atom. The molecule has 0 fully saturated rings. The van der Waals surface area contributed by atoms with Gasteiger partial charge in [0.25, 0.3) is 0 Å². The van der Waals surface area contributed by atoms with Crippen molar-refractivity contribution in [2.24, 2.45) is 0 Å². The number of nitrogens with zero attached hydrogens (tertiary/aromatic N) is 1. The predicted molar refractivity (Wildman–Crippen MR) is 111 cm³/mol. The third kappa shape index (κ3) is 5.71. The Kier molecular flexibility index (Phi) is 7.27. The van der Waals surface area contributed by atoms with Gasteiger partial charge in [0.1, 0.15) is 6.04 Å². The summed E-state index contributed by atoms with van der Waals surface area (Å²) >= 11 is 6.16. The van der Waals surface area contributed by atoms with E-state index < -0.39 is 16.1 Å². The van der Waals surface area contributed by atoms with Crippen molar-refractivity contribution in [3.05, 3.63) is 64.7 Å². The van der Waals surface area contributed by atoms with Gasteiger partial charge in [-0.25, -0.2) is 8.42 Å². The van der Waals surface area contributed by atoms with Gasteiger partial charge < -0.3 is 5.32 Å². The van der Waals surface area contributed by atoms with E-state index >= 15 is 0 Å². The monoisotopic (exact) mass is 408 g/mol. The number of benzene rings is 2. The fraction of sp³-hybridized carbons (Fsp3) is 0.350. The maximum Gasteiger partial charge on any atom is 0.243 e. The topological polar surface area (TPSA) is 66.5 Å². The molecule has 27 heavy (non-hydrogen) atoms. The summed E-state index contributed by atoms with van der Waals surface area (Å²) in [5, 5.41) is 3.31. The zero-order chi connectivity index (χ0) is 20.0. The summed E-state index contributed by atoms with van der Waals surface area (Å²) in [4.78, 5) is 12.7. The number of hydrogen-bond donors (Lipinski definition) is 1. The van der Waals surface area contributed by atoms with Crippen LogP contribution in [0.3, 0.4) is 0 Å². The number of hydrogen-bond acceptors (Lipinski definition) is 3. The summed E-state index contributed by atoms with van der Waals surface area (Å²) in [6.45, 7) is 4.06. The second-order valence-electron chi connectivity index (χ2n) is 6.44. The molecule has 0 aliphatic carbocycles. The second-order valence-corrected chi connectivity index (χ2v) is 8.71. The molecule has 1 atom stereocenters. The van der Waals surface area contributed by atoms with E-state index in [0.29, 0.717) is 30.1 Å². The maximum atomic E-state index is 12.7. The first-order valence-electron chi connectivity index (χ1n) is 8.81. The van der Waals surface area contributed by atoms with Crippen LogP contribution in [0.5, 0.6) is 0 Å². The van der Waals surface area contributed by atoms with Crippen molar-refractivity contribution in [1.29, 1.82) is 0 Å². The molecule has 0 aromatic heterocycles. The first-order valence-corrected chi connectivity index (χ1v) is 11.0. The summed E-state index contributed by atoms with van der Waals surface area (Å²) in [7, 11) is -3.67. The lowest BCUT2D eigenvalue weighted by Crippen LogP contribution is -2.49. The van der Waals surface area contributed by atoms with Gasteiger partial charge in [-0.05, 0) is 43.0 Å².